The van der Waals surface area contributed by atoms with E-state index in [1.54, 1.807) is 43.8 Å². The number of carbonyl (C=O) groups excluding carboxylic acids is 1. The molecule has 1 atom stereocenters. The normalized spacial score (nSPS) is 14.7. The molecule has 1 unspecified atom stereocenters. The number of anilines is 2. The van der Waals surface area contributed by atoms with E-state index in [2.05, 4.69) is 25.7 Å². The minimum atomic E-state index is -0.487. The number of nitrogens with one attached hydrogen (secondary N) is 3. The number of pyridine rings is 1. The van der Waals surface area contributed by atoms with E-state index >= 15 is 0 Å². The van der Waals surface area contributed by atoms with Gasteiger partial charge in [0.2, 0.25) is 0 Å². The maximum atomic E-state index is 14.1. The summed E-state index contributed by atoms with van der Waals surface area (Å²) in [5.41, 5.74) is 3.25. The average molecular weight is 504 g/mol. The topological polar surface area (TPSA) is 95.8 Å². The molecule has 0 saturated heterocycles. The van der Waals surface area contributed by atoms with Gasteiger partial charge in [0.15, 0.2) is 6.04 Å². The molecule has 0 aliphatic carbocycles. The molecule has 0 spiro atoms. The number of halogens is 1. The van der Waals surface area contributed by atoms with Gasteiger partial charge in [-0.1, -0.05) is 42.1 Å². The van der Waals surface area contributed by atoms with Crippen LogP contribution in [0.3, 0.4) is 0 Å². The summed E-state index contributed by atoms with van der Waals surface area (Å²) in [4.78, 5) is 22.2. The van der Waals surface area contributed by atoms with Gasteiger partial charge in [0.25, 0.3) is 11.1 Å². The first kappa shape index (κ1) is 23.6. The number of aromatic amines is 1. The number of rotatable bonds is 7. The number of carbonyl (C=O) groups is 1. The van der Waals surface area contributed by atoms with Crippen molar-refractivity contribution in [2.75, 3.05) is 17.7 Å². The molecule has 3 N–H and O–H groups in total. The predicted molar refractivity (Wildman–Crippen MR) is 135 cm³/mol. The van der Waals surface area contributed by atoms with Gasteiger partial charge in [-0.15, -0.1) is 4.68 Å². The van der Waals surface area contributed by atoms with Crippen LogP contribution in [0.15, 0.2) is 89.5 Å². The van der Waals surface area contributed by atoms with Crippen molar-refractivity contribution in [1.29, 1.82) is 0 Å². The van der Waals surface area contributed by atoms with Crippen LogP contribution >= 0.6 is 11.8 Å². The van der Waals surface area contributed by atoms with Crippen LogP contribution in [0.2, 0.25) is 0 Å². The van der Waals surface area contributed by atoms with Crippen molar-refractivity contribution < 1.29 is 18.6 Å². The minimum absolute atomic E-state index is 0.255. The van der Waals surface area contributed by atoms with Crippen LogP contribution in [-0.2, 0) is 10.5 Å². The highest BCUT2D eigenvalue weighted by Crippen LogP contribution is 2.32. The number of benzene rings is 2. The Bertz CT molecular complexity index is 1420. The van der Waals surface area contributed by atoms with Crippen molar-refractivity contribution in [3.05, 3.63) is 101 Å². The van der Waals surface area contributed by atoms with Gasteiger partial charge in [-0.05, 0) is 53.4 Å². The number of aromatic nitrogens is 4. The molecule has 0 bridgehead atoms. The Labute approximate surface area is 211 Å². The molecular formula is C26H24FN6O2S+. The summed E-state index contributed by atoms with van der Waals surface area (Å²) in [5, 5.41) is 10.1. The number of H-pyrrole nitrogens is 1. The van der Waals surface area contributed by atoms with Crippen molar-refractivity contribution in [1.82, 2.24) is 15.1 Å². The second kappa shape index (κ2) is 10.2. The predicted octanol–water partition coefficient (Wildman–Crippen LogP) is 4.46. The van der Waals surface area contributed by atoms with Crippen molar-refractivity contribution in [3.63, 3.8) is 0 Å². The molecule has 5 rings (SSSR count). The van der Waals surface area contributed by atoms with Gasteiger partial charge in [0, 0.05) is 11.9 Å². The molecule has 182 valence electrons. The zero-order chi connectivity index (χ0) is 25.1. The Hall–Kier alpha value is -4.18. The van der Waals surface area contributed by atoms with Crippen LogP contribution in [-0.4, -0.2) is 28.1 Å². The lowest BCUT2D eigenvalue weighted by molar-refractivity contribution is -0.748. The van der Waals surface area contributed by atoms with Crippen LogP contribution in [0.5, 0.6) is 5.75 Å². The van der Waals surface area contributed by atoms with E-state index in [1.165, 1.54) is 17.8 Å². The zero-order valence-electron chi connectivity index (χ0n) is 19.7. The molecular weight excluding hydrogens is 479 g/mol. The molecule has 2 aromatic carbocycles. The molecule has 0 saturated carbocycles. The summed E-state index contributed by atoms with van der Waals surface area (Å²) in [6.45, 7) is 1.85. The number of fused-ring (bicyclic) bond motifs is 1. The summed E-state index contributed by atoms with van der Waals surface area (Å²) in [6, 6.07) is 17.3. The first-order chi connectivity index (χ1) is 17.5. The number of hydrogen-bond donors (Lipinski definition) is 3. The lowest BCUT2D eigenvalue weighted by atomic mass is 9.95. The number of hydrogen-bond acceptors (Lipinski definition) is 6. The standard InChI is InChI=1S/C26H23FN6O2S/c1-16-22(24(34)30-19-7-5-13-28-14-19)23(17-9-11-20(35-2)12-10-17)33-25(29-16)31-26(32-33)36-15-18-6-3-4-8-21(18)27/h3-14,23H,15H2,1-2H3,(H2,29,30,31,32,34)/p+1. The number of ether oxygens (including phenoxy) is 1. The SMILES string of the molecule is COc1ccc(C2C(C(=O)Nc3cccnc3)=C(C)Nc3nc(SCc4ccccc4F)[nH][n+]32)cc1. The van der Waals surface area contributed by atoms with E-state index in [9.17, 15) is 9.18 Å². The van der Waals surface area contributed by atoms with Crippen LogP contribution in [0.1, 0.15) is 24.1 Å². The largest absolute Gasteiger partial charge is 0.497 e. The van der Waals surface area contributed by atoms with E-state index in [0.717, 1.165) is 5.56 Å². The van der Waals surface area contributed by atoms with Gasteiger partial charge in [-0.2, -0.15) is 0 Å². The number of thioether (sulfide) groups is 1. The van der Waals surface area contributed by atoms with Gasteiger partial charge in [0.1, 0.15) is 11.6 Å². The van der Waals surface area contributed by atoms with Crippen LogP contribution in [0, 0.1) is 5.82 Å². The highest BCUT2D eigenvalue weighted by molar-refractivity contribution is 7.98. The third kappa shape index (κ3) is 4.80. The molecule has 4 aromatic rings. The first-order valence-electron chi connectivity index (χ1n) is 11.2. The van der Waals surface area contributed by atoms with Crippen LogP contribution in [0.25, 0.3) is 0 Å². The highest BCUT2D eigenvalue weighted by Gasteiger charge is 2.39. The van der Waals surface area contributed by atoms with Crippen molar-refractivity contribution in [2.45, 2.75) is 23.9 Å². The van der Waals surface area contributed by atoms with Crippen molar-refractivity contribution in [2.24, 2.45) is 0 Å². The summed E-state index contributed by atoms with van der Waals surface area (Å²) in [6.07, 6.45) is 3.24. The second-order valence-corrected chi connectivity index (χ2v) is 9.10. The van der Waals surface area contributed by atoms with E-state index in [0.29, 0.717) is 45.1 Å². The monoisotopic (exact) mass is 503 g/mol. The molecule has 1 aliphatic rings. The molecule has 2 aromatic heterocycles. The quantitative estimate of drug-likeness (QED) is 0.255. The molecule has 0 radical (unpaired) electrons. The highest BCUT2D eigenvalue weighted by atomic mass is 32.2. The van der Waals surface area contributed by atoms with Gasteiger partial charge >= 0.3 is 5.95 Å². The molecule has 3 heterocycles. The van der Waals surface area contributed by atoms with E-state index in [-0.39, 0.29) is 11.7 Å². The van der Waals surface area contributed by atoms with Crippen molar-refractivity contribution >= 4 is 29.3 Å². The molecule has 10 heteroatoms. The summed E-state index contributed by atoms with van der Waals surface area (Å²) in [5.74, 6) is 1.17. The molecule has 8 nitrogen and oxygen atoms in total. The molecule has 0 fully saturated rings. The Morgan fingerprint density at radius 2 is 1.97 bits per heavy atom. The Kier molecular flexibility index (Phi) is 6.68. The number of nitrogens with zero attached hydrogens (tertiary/aromatic N) is 3. The fraction of sp³-hybridized carbons (Fsp3) is 0.154. The number of methoxy groups -OCH3 is 1. The second-order valence-electron chi connectivity index (χ2n) is 8.14. The minimum Gasteiger partial charge on any atom is -0.497 e. The van der Waals surface area contributed by atoms with Gasteiger partial charge < -0.3 is 10.1 Å². The Morgan fingerprint density at radius 1 is 1.17 bits per heavy atom. The maximum absolute atomic E-state index is 14.1. The van der Waals surface area contributed by atoms with E-state index in [1.807, 2.05) is 41.9 Å². The third-order valence-corrected chi connectivity index (χ3v) is 6.72. The van der Waals surface area contributed by atoms with Gasteiger partial charge in [-0.3, -0.25) is 9.78 Å². The van der Waals surface area contributed by atoms with Crippen molar-refractivity contribution in [3.8, 4) is 5.75 Å². The van der Waals surface area contributed by atoms with E-state index in [4.69, 9.17) is 4.74 Å². The lowest BCUT2D eigenvalue weighted by Gasteiger charge is -2.24. The Balaban J connectivity index is 1.49. The first-order valence-corrected chi connectivity index (χ1v) is 12.2. The average Bonchev–Trinajstić information content (AvgIpc) is 3.30. The Morgan fingerprint density at radius 3 is 2.69 bits per heavy atom. The maximum Gasteiger partial charge on any atom is 0.417 e. The molecule has 36 heavy (non-hydrogen) atoms. The zero-order valence-corrected chi connectivity index (χ0v) is 20.5. The number of amides is 1. The number of allylic oxidation sites excluding steroid dienone is 1. The fourth-order valence-electron chi connectivity index (χ4n) is 4.03. The summed E-state index contributed by atoms with van der Waals surface area (Å²) in [7, 11) is 1.61. The third-order valence-electron chi connectivity index (χ3n) is 5.80. The summed E-state index contributed by atoms with van der Waals surface area (Å²) < 4.78 is 21.2. The van der Waals surface area contributed by atoms with Crippen LogP contribution in [0.4, 0.5) is 16.0 Å². The summed E-state index contributed by atoms with van der Waals surface area (Å²) >= 11 is 1.38. The smallest absolute Gasteiger partial charge is 0.417 e. The van der Waals surface area contributed by atoms with E-state index < -0.39 is 6.04 Å². The van der Waals surface area contributed by atoms with Gasteiger partial charge in [-0.25, -0.2) is 14.8 Å². The molecule has 1 amide bonds. The van der Waals surface area contributed by atoms with Gasteiger partial charge in [0.05, 0.1) is 30.3 Å². The fourth-order valence-corrected chi connectivity index (χ4v) is 4.87. The molecule has 1 aliphatic heterocycles. The van der Waals surface area contributed by atoms with Crippen LogP contribution < -0.4 is 20.1 Å². The lowest BCUT2D eigenvalue weighted by Crippen LogP contribution is -2.50.